The van der Waals surface area contributed by atoms with Gasteiger partial charge in [0.2, 0.25) is 29.5 Å². The fraction of sp³-hybridized carbons (Fsp3) is 0.560. The Morgan fingerprint density at radius 1 is 0.949 bits per heavy atom. The molecule has 214 valence electrons. The van der Waals surface area contributed by atoms with Crippen molar-refractivity contribution in [1.82, 2.24) is 26.2 Å². The molecular formula is C25H33Cl2N5O7. The van der Waals surface area contributed by atoms with E-state index in [0.29, 0.717) is 5.56 Å². The Balaban J connectivity index is 2.03. The lowest BCUT2D eigenvalue weighted by atomic mass is 10.0. The molecule has 2 heterocycles. The lowest BCUT2D eigenvalue weighted by molar-refractivity contribution is -0.144. The predicted molar refractivity (Wildman–Crippen MR) is 142 cm³/mol. The first kappa shape index (κ1) is 30.6. The van der Waals surface area contributed by atoms with Gasteiger partial charge in [0.25, 0.3) is 0 Å². The minimum absolute atomic E-state index is 0.119. The number of halogens is 2. The lowest BCUT2D eigenvalue weighted by Crippen LogP contribution is -2.61. The number of aliphatic hydroxyl groups is 2. The van der Waals surface area contributed by atoms with E-state index >= 15 is 0 Å². The van der Waals surface area contributed by atoms with Gasteiger partial charge >= 0.3 is 0 Å². The van der Waals surface area contributed by atoms with Gasteiger partial charge in [0.15, 0.2) is 0 Å². The fourth-order valence-corrected chi connectivity index (χ4v) is 5.17. The molecule has 2 aliphatic heterocycles. The van der Waals surface area contributed by atoms with Crippen molar-refractivity contribution < 1.29 is 34.2 Å². The first-order valence-electron chi connectivity index (χ1n) is 12.6. The van der Waals surface area contributed by atoms with Gasteiger partial charge in [-0.2, -0.15) is 0 Å². The van der Waals surface area contributed by atoms with Gasteiger partial charge in [-0.15, -0.1) is 23.2 Å². The van der Waals surface area contributed by atoms with Crippen molar-refractivity contribution in [1.29, 1.82) is 0 Å². The van der Waals surface area contributed by atoms with Gasteiger partial charge in [-0.05, 0) is 18.9 Å². The number of nitrogens with one attached hydrogen (secondary N) is 4. The molecule has 0 aliphatic carbocycles. The second-order valence-electron chi connectivity index (χ2n) is 9.57. The van der Waals surface area contributed by atoms with Gasteiger partial charge in [-0.3, -0.25) is 24.0 Å². The molecule has 2 saturated heterocycles. The molecule has 0 aromatic heterocycles. The molecule has 6 N–H and O–H groups in total. The molecule has 14 heteroatoms. The molecule has 1 unspecified atom stereocenters. The highest BCUT2D eigenvalue weighted by Gasteiger charge is 2.49. The van der Waals surface area contributed by atoms with Crippen molar-refractivity contribution in [3.05, 3.63) is 35.9 Å². The van der Waals surface area contributed by atoms with Crippen LogP contribution in [0.25, 0.3) is 0 Å². The molecule has 0 radical (unpaired) electrons. The third-order valence-electron chi connectivity index (χ3n) is 6.74. The molecule has 2 fully saturated rings. The Bertz CT molecular complexity index is 1080. The summed E-state index contributed by atoms with van der Waals surface area (Å²) in [6, 6.07) is 2.37. The van der Waals surface area contributed by atoms with Crippen molar-refractivity contribution in [3.63, 3.8) is 0 Å². The zero-order valence-corrected chi connectivity index (χ0v) is 23.0. The number of fused-ring (bicyclic) bond motifs is 1. The van der Waals surface area contributed by atoms with E-state index in [1.54, 1.807) is 37.3 Å². The minimum atomic E-state index is -1.45. The number of carbonyl (C=O) groups is 5. The third kappa shape index (κ3) is 7.18. The van der Waals surface area contributed by atoms with Gasteiger partial charge < -0.3 is 36.4 Å². The molecule has 0 saturated carbocycles. The topological polar surface area (TPSA) is 177 Å². The van der Waals surface area contributed by atoms with Crippen LogP contribution in [0.5, 0.6) is 0 Å². The Hall–Kier alpha value is -2.93. The maximum atomic E-state index is 13.5. The predicted octanol–water partition coefficient (Wildman–Crippen LogP) is -1.09. The largest absolute Gasteiger partial charge is 0.394 e. The van der Waals surface area contributed by atoms with Crippen LogP contribution < -0.4 is 21.3 Å². The number of carbonyl (C=O) groups excluding carboxylic acids is 5. The van der Waals surface area contributed by atoms with Crippen LogP contribution in [0.1, 0.15) is 38.3 Å². The summed E-state index contributed by atoms with van der Waals surface area (Å²) in [5.74, 6) is -3.75. The van der Waals surface area contributed by atoms with Gasteiger partial charge in [-0.1, -0.05) is 37.3 Å². The summed E-state index contributed by atoms with van der Waals surface area (Å²) in [6.45, 7) is 2.05. The number of alkyl halides is 2. The van der Waals surface area contributed by atoms with Gasteiger partial charge in [0, 0.05) is 6.54 Å². The number of amides is 5. The molecule has 8 atom stereocenters. The highest BCUT2D eigenvalue weighted by Crippen LogP contribution is 2.29. The molecule has 2 aliphatic rings. The van der Waals surface area contributed by atoms with E-state index in [1.807, 2.05) is 0 Å². The SMILES string of the molecule is CC[C@@H]1NC(=O)[C@H]2[C@@H](Cl)[C@@H](Cl)CN2C(=O)C([C@@H](C)O)NC(=O)C[C@@H](c2ccccc2)NC(=O)[C@@H](CO)NC1=O. The molecule has 0 bridgehead atoms. The molecule has 5 amide bonds. The van der Waals surface area contributed by atoms with Gasteiger partial charge in [-0.25, -0.2) is 0 Å². The number of benzene rings is 1. The van der Waals surface area contributed by atoms with Crippen LogP contribution >= 0.6 is 23.2 Å². The van der Waals surface area contributed by atoms with E-state index in [4.69, 9.17) is 23.2 Å². The summed E-state index contributed by atoms with van der Waals surface area (Å²) in [6.07, 6.45) is -1.57. The Labute approximate surface area is 235 Å². The maximum Gasteiger partial charge on any atom is 0.248 e. The smallest absolute Gasteiger partial charge is 0.248 e. The summed E-state index contributed by atoms with van der Waals surface area (Å²) >= 11 is 12.7. The van der Waals surface area contributed by atoms with Crippen molar-refractivity contribution in [2.24, 2.45) is 0 Å². The summed E-state index contributed by atoms with van der Waals surface area (Å²) in [5, 5.41) is 28.5. The maximum absolute atomic E-state index is 13.5. The lowest BCUT2D eigenvalue weighted by Gasteiger charge is -2.32. The van der Waals surface area contributed by atoms with Crippen LogP contribution in [0, 0.1) is 0 Å². The Morgan fingerprint density at radius 2 is 1.56 bits per heavy atom. The quantitative estimate of drug-likeness (QED) is 0.243. The second kappa shape index (κ2) is 13.4. The van der Waals surface area contributed by atoms with Crippen molar-refractivity contribution in [2.45, 2.75) is 73.8 Å². The molecule has 39 heavy (non-hydrogen) atoms. The van der Waals surface area contributed by atoms with Crippen molar-refractivity contribution >= 4 is 52.7 Å². The summed E-state index contributed by atoms with van der Waals surface area (Å²) in [4.78, 5) is 67.0. The van der Waals surface area contributed by atoms with Crippen LogP contribution in [0.2, 0.25) is 0 Å². The van der Waals surface area contributed by atoms with Crippen LogP contribution in [0.15, 0.2) is 30.3 Å². The molecule has 3 rings (SSSR count). The normalized spacial score (nSPS) is 32.0. The highest BCUT2D eigenvalue weighted by atomic mass is 35.5. The third-order valence-corrected chi connectivity index (χ3v) is 7.82. The van der Waals surface area contributed by atoms with Crippen LogP contribution in [0.4, 0.5) is 0 Å². The number of hydrogen-bond acceptors (Lipinski definition) is 7. The summed E-state index contributed by atoms with van der Waals surface area (Å²) in [7, 11) is 0. The number of nitrogens with zero attached hydrogens (tertiary/aromatic N) is 1. The van der Waals surface area contributed by atoms with E-state index < -0.39 is 83.2 Å². The minimum Gasteiger partial charge on any atom is -0.394 e. The number of rotatable bonds is 4. The molecule has 0 spiro atoms. The first-order chi connectivity index (χ1) is 18.5. The second-order valence-corrected chi connectivity index (χ2v) is 10.6. The van der Waals surface area contributed by atoms with Crippen LogP contribution in [-0.2, 0) is 24.0 Å². The van der Waals surface area contributed by atoms with E-state index in [2.05, 4.69) is 21.3 Å². The summed E-state index contributed by atoms with van der Waals surface area (Å²) < 4.78 is 0. The van der Waals surface area contributed by atoms with Crippen molar-refractivity contribution in [2.75, 3.05) is 13.2 Å². The number of hydrogen-bond donors (Lipinski definition) is 6. The molecule has 1 aromatic carbocycles. The Morgan fingerprint density at radius 3 is 2.15 bits per heavy atom. The highest BCUT2D eigenvalue weighted by molar-refractivity contribution is 6.32. The first-order valence-corrected chi connectivity index (χ1v) is 13.5. The van der Waals surface area contributed by atoms with E-state index in [-0.39, 0.29) is 19.4 Å². The van der Waals surface area contributed by atoms with Crippen LogP contribution in [0.3, 0.4) is 0 Å². The van der Waals surface area contributed by atoms with E-state index in [0.717, 1.165) is 4.90 Å². The molecule has 1 aromatic rings. The average molecular weight is 586 g/mol. The number of aliphatic hydroxyl groups excluding tert-OH is 2. The molecule has 12 nitrogen and oxygen atoms in total. The van der Waals surface area contributed by atoms with E-state index in [9.17, 15) is 34.2 Å². The fourth-order valence-electron chi connectivity index (χ4n) is 4.56. The average Bonchev–Trinajstić information content (AvgIpc) is 3.21. The summed E-state index contributed by atoms with van der Waals surface area (Å²) in [5.41, 5.74) is 0.554. The van der Waals surface area contributed by atoms with Crippen LogP contribution in [-0.4, -0.2) is 98.8 Å². The monoisotopic (exact) mass is 585 g/mol. The standard InChI is InChI=1S/C25H33Cl2N5O7/c1-3-15-22(36)30-17(11-33)23(37)29-16(13-7-5-4-6-8-13)9-18(35)31-20(12(2)34)25(39)32-10-14(26)19(27)21(32)24(38)28-15/h4-8,12,14-17,19-21,33-34H,3,9-11H2,1-2H3,(H,28,38)(H,29,37)(H,30,36)(H,31,35)/t12-,14+,15+,16+,17-,19+,20?,21-/m1/s1. The molecular weight excluding hydrogens is 553 g/mol. The van der Waals surface area contributed by atoms with Gasteiger partial charge in [0.05, 0.1) is 35.9 Å². The Kier molecular flexibility index (Phi) is 10.5. The van der Waals surface area contributed by atoms with Gasteiger partial charge in [0.1, 0.15) is 24.2 Å². The van der Waals surface area contributed by atoms with Crippen molar-refractivity contribution in [3.8, 4) is 0 Å². The van der Waals surface area contributed by atoms with E-state index in [1.165, 1.54) is 6.92 Å². The zero-order chi connectivity index (χ0) is 28.9. The zero-order valence-electron chi connectivity index (χ0n) is 21.5.